The molecule has 0 saturated carbocycles. The lowest BCUT2D eigenvalue weighted by Crippen LogP contribution is -2.36. The minimum atomic E-state index is -0.361. The number of piperidine rings is 1. The molecular weight excluding hydrogens is 269 g/mol. The first kappa shape index (κ1) is 14.7. The van der Waals surface area contributed by atoms with E-state index in [9.17, 15) is 4.39 Å². The molecule has 0 unspecified atom stereocenters. The molecule has 0 atom stereocenters. The first-order valence-electron chi connectivity index (χ1n) is 6.58. The van der Waals surface area contributed by atoms with Crippen LogP contribution in [0.2, 0.25) is 5.02 Å². The Morgan fingerprint density at radius 3 is 2.74 bits per heavy atom. The fraction of sp³-hybridized carbons (Fsp3) is 0.571. The van der Waals surface area contributed by atoms with E-state index in [1.807, 2.05) is 6.07 Å². The van der Waals surface area contributed by atoms with Crippen molar-refractivity contribution < 1.29 is 14.2 Å². The molecule has 0 spiro atoms. The van der Waals surface area contributed by atoms with Gasteiger partial charge in [-0.2, -0.15) is 0 Å². The number of halogens is 2. The molecule has 1 aliphatic heterocycles. The van der Waals surface area contributed by atoms with E-state index < -0.39 is 0 Å². The van der Waals surface area contributed by atoms with Gasteiger partial charge in [0.25, 0.3) is 0 Å². The maximum Gasteiger partial charge on any atom is 0.142 e. The van der Waals surface area contributed by atoms with E-state index in [2.05, 4.69) is 4.90 Å². The normalized spacial score (nSPS) is 17.8. The predicted molar refractivity (Wildman–Crippen MR) is 72.7 cm³/mol. The first-order valence-corrected chi connectivity index (χ1v) is 6.95. The Hall–Kier alpha value is -0.680. The minimum Gasteiger partial charge on any atom is -0.394 e. The Morgan fingerprint density at radius 2 is 2.11 bits per heavy atom. The van der Waals surface area contributed by atoms with Crippen molar-refractivity contribution in [1.29, 1.82) is 0 Å². The van der Waals surface area contributed by atoms with Crippen LogP contribution in [0.1, 0.15) is 18.4 Å². The Labute approximate surface area is 117 Å². The Kier molecular flexibility index (Phi) is 5.58. The summed E-state index contributed by atoms with van der Waals surface area (Å²) in [5, 5.41) is 8.88. The molecule has 1 N–H and O–H groups in total. The third kappa shape index (κ3) is 4.42. The summed E-state index contributed by atoms with van der Waals surface area (Å²) in [5.41, 5.74) is 0.941. The fourth-order valence-corrected chi connectivity index (χ4v) is 2.47. The van der Waals surface area contributed by atoms with Crippen LogP contribution < -0.4 is 0 Å². The molecule has 1 heterocycles. The lowest BCUT2D eigenvalue weighted by Gasteiger charge is -2.31. The van der Waals surface area contributed by atoms with E-state index >= 15 is 0 Å². The van der Waals surface area contributed by atoms with Crippen molar-refractivity contribution in [3.8, 4) is 0 Å². The highest BCUT2D eigenvalue weighted by Gasteiger charge is 2.19. The number of benzene rings is 1. The molecular formula is C14H19ClFNO2. The molecule has 1 saturated heterocycles. The standard InChI is InChI=1S/C14H19ClFNO2/c15-13-2-1-11(9-14(13)16)10-17-5-3-12(4-6-17)19-8-7-18/h1-2,9,12,18H,3-8,10H2. The maximum atomic E-state index is 13.3. The lowest BCUT2D eigenvalue weighted by molar-refractivity contribution is -0.00902. The minimum absolute atomic E-state index is 0.0737. The number of likely N-dealkylation sites (tertiary alicyclic amines) is 1. The van der Waals surface area contributed by atoms with E-state index in [0.717, 1.165) is 38.0 Å². The highest BCUT2D eigenvalue weighted by Crippen LogP contribution is 2.19. The highest BCUT2D eigenvalue weighted by atomic mass is 35.5. The molecule has 106 valence electrons. The number of nitrogens with zero attached hydrogens (tertiary/aromatic N) is 1. The average molecular weight is 288 g/mol. The lowest BCUT2D eigenvalue weighted by atomic mass is 10.1. The Morgan fingerprint density at radius 1 is 1.37 bits per heavy atom. The molecule has 0 bridgehead atoms. The molecule has 1 aromatic rings. The zero-order valence-corrected chi connectivity index (χ0v) is 11.6. The number of hydrogen-bond donors (Lipinski definition) is 1. The SMILES string of the molecule is OCCOC1CCN(Cc2ccc(Cl)c(F)c2)CC1. The van der Waals surface area contributed by atoms with Gasteiger partial charge in [0.1, 0.15) is 5.82 Å². The second-order valence-electron chi connectivity index (χ2n) is 4.82. The fourth-order valence-electron chi connectivity index (χ4n) is 2.35. The van der Waals surface area contributed by atoms with Gasteiger partial charge in [0, 0.05) is 19.6 Å². The van der Waals surface area contributed by atoms with Crippen LogP contribution >= 0.6 is 11.6 Å². The number of aliphatic hydroxyl groups excluding tert-OH is 1. The van der Waals surface area contributed by atoms with Crippen LogP contribution in [0.5, 0.6) is 0 Å². The van der Waals surface area contributed by atoms with Crippen molar-refractivity contribution in [2.75, 3.05) is 26.3 Å². The zero-order chi connectivity index (χ0) is 13.7. The van der Waals surface area contributed by atoms with Gasteiger partial charge in [-0.05, 0) is 30.5 Å². The number of rotatable bonds is 5. The third-order valence-electron chi connectivity index (χ3n) is 3.37. The Bertz CT molecular complexity index is 408. The summed E-state index contributed by atoms with van der Waals surface area (Å²) in [6.45, 7) is 3.08. The van der Waals surface area contributed by atoms with Crippen molar-refractivity contribution in [2.24, 2.45) is 0 Å². The highest BCUT2D eigenvalue weighted by molar-refractivity contribution is 6.30. The van der Waals surface area contributed by atoms with Crippen molar-refractivity contribution in [2.45, 2.75) is 25.5 Å². The third-order valence-corrected chi connectivity index (χ3v) is 3.68. The van der Waals surface area contributed by atoms with Crippen molar-refractivity contribution in [3.05, 3.63) is 34.6 Å². The van der Waals surface area contributed by atoms with Crippen molar-refractivity contribution >= 4 is 11.6 Å². The summed E-state index contributed by atoms with van der Waals surface area (Å²) < 4.78 is 18.9. The number of ether oxygens (including phenoxy) is 1. The second-order valence-corrected chi connectivity index (χ2v) is 5.23. The average Bonchev–Trinajstić information content (AvgIpc) is 2.42. The number of hydrogen-bond acceptors (Lipinski definition) is 3. The summed E-state index contributed by atoms with van der Waals surface area (Å²) in [4.78, 5) is 2.28. The summed E-state index contributed by atoms with van der Waals surface area (Å²) in [6.07, 6.45) is 2.15. The summed E-state index contributed by atoms with van der Waals surface area (Å²) in [6, 6.07) is 4.96. The largest absolute Gasteiger partial charge is 0.394 e. The van der Waals surface area contributed by atoms with E-state index in [1.165, 1.54) is 6.07 Å². The molecule has 0 radical (unpaired) electrons. The van der Waals surface area contributed by atoms with Crippen molar-refractivity contribution in [1.82, 2.24) is 4.90 Å². The van der Waals surface area contributed by atoms with Crippen LogP contribution in [-0.4, -0.2) is 42.4 Å². The first-order chi connectivity index (χ1) is 9.19. The van der Waals surface area contributed by atoms with Crippen LogP contribution in [0.3, 0.4) is 0 Å². The van der Waals surface area contributed by atoms with Crippen molar-refractivity contribution in [3.63, 3.8) is 0 Å². The molecule has 1 fully saturated rings. The van der Waals surface area contributed by atoms with Gasteiger partial charge in [0.15, 0.2) is 0 Å². The molecule has 0 aromatic heterocycles. The molecule has 2 rings (SSSR count). The second kappa shape index (κ2) is 7.20. The Balaban J connectivity index is 1.80. The molecule has 19 heavy (non-hydrogen) atoms. The molecule has 1 aliphatic rings. The van der Waals surface area contributed by atoms with Crippen LogP contribution in [0.25, 0.3) is 0 Å². The molecule has 5 heteroatoms. The summed E-state index contributed by atoms with van der Waals surface area (Å²) in [5.74, 6) is -0.361. The van der Waals surface area contributed by atoms with Gasteiger partial charge in [-0.25, -0.2) is 4.39 Å². The van der Waals surface area contributed by atoms with Gasteiger partial charge in [-0.1, -0.05) is 17.7 Å². The van der Waals surface area contributed by atoms with Gasteiger partial charge in [0.05, 0.1) is 24.3 Å². The quantitative estimate of drug-likeness (QED) is 0.903. The van der Waals surface area contributed by atoms with Crippen LogP contribution in [-0.2, 0) is 11.3 Å². The predicted octanol–water partition coefficient (Wildman–Crippen LogP) is 2.45. The molecule has 0 amide bonds. The monoisotopic (exact) mass is 287 g/mol. The van der Waals surface area contributed by atoms with Gasteiger partial charge in [0.2, 0.25) is 0 Å². The van der Waals surface area contributed by atoms with Gasteiger partial charge in [-0.15, -0.1) is 0 Å². The molecule has 0 aliphatic carbocycles. The van der Waals surface area contributed by atoms with Gasteiger partial charge < -0.3 is 9.84 Å². The molecule has 3 nitrogen and oxygen atoms in total. The smallest absolute Gasteiger partial charge is 0.142 e. The van der Waals surface area contributed by atoms with E-state index in [-0.39, 0.29) is 23.6 Å². The number of aliphatic hydroxyl groups is 1. The van der Waals surface area contributed by atoms with Gasteiger partial charge >= 0.3 is 0 Å². The zero-order valence-electron chi connectivity index (χ0n) is 10.8. The van der Waals surface area contributed by atoms with Crippen LogP contribution in [0.15, 0.2) is 18.2 Å². The van der Waals surface area contributed by atoms with Gasteiger partial charge in [-0.3, -0.25) is 4.90 Å². The summed E-state index contributed by atoms with van der Waals surface area (Å²) in [7, 11) is 0. The summed E-state index contributed by atoms with van der Waals surface area (Å²) >= 11 is 5.67. The molecule has 1 aromatic carbocycles. The van der Waals surface area contributed by atoms with Crippen LogP contribution in [0, 0.1) is 5.82 Å². The van der Waals surface area contributed by atoms with E-state index in [0.29, 0.717) is 6.61 Å². The van der Waals surface area contributed by atoms with E-state index in [1.54, 1.807) is 6.07 Å². The van der Waals surface area contributed by atoms with Crippen LogP contribution in [0.4, 0.5) is 4.39 Å². The maximum absolute atomic E-state index is 13.3. The topological polar surface area (TPSA) is 32.7 Å². The van der Waals surface area contributed by atoms with E-state index in [4.69, 9.17) is 21.4 Å².